The van der Waals surface area contributed by atoms with Gasteiger partial charge >= 0.3 is 5.97 Å². The lowest BCUT2D eigenvalue weighted by molar-refractivity contribution is -0.138. The average molecular weight is 363 g/mol. The Bertz CT molecular complexity index is 955. The van der Waals surface area contributed by atoms with Crippen molar-refractivity contribution in [1.29, 1.82) is 0 Å². The van der Waals surface area contributed by atoms with E-state index in [1.165, 1.54) is 24.3 Å². The normalized spacial score (nSPS) is 10.7. The van der Waals surface area contributed by atoms with Crippen LogP contribution in [0.3, 0.4) is 0 Å². The molecule has 0 radical (unpaired) electrons. The van der Waals surface area contributed by atoms with Crippen molar-refractivity contribution in [2.24, 2.45) is 0 Å². The lowest BCUT2D eigenvalue weighted by Crippen LogP contribution is -2.01. The topological polar surface area (TPSA) is 61.6 Å². The van der Waals surface area contributed by atoms with Crippen molar-refractivity contribution in [1.82, 2.24) is 0 Å². The van der Waals surface area contributed by atoms with E-state index in [4.69, 9.17) is 15.2 Å². The molecule has 0 fully saturated rings. The van der Waals surface area contributed by atoms with Gasteiger partial charge in [-0.1, -0.05) is 54.6 Å². The van der Waals surface area contributed by atoms with Crippen molar-refractivity contribution in [3.05, 3.63) is 95.8 Å². The largest absolute Gasteiger partial charge is 0.458 e. The minimum Gasteiger partial charge on any atom is -0.458 e. The van der Waals surface area contributed by atoms with Crippen molar-refractivity contribution in [3.63, 3.8) is 0 Å². The van der Waals surface area contributed by atoms with Crippen LogP contribution in [-0.4, -0.2) is 5.97 Å². The number of hydrogen-bond acceptors (Lipinski definition) is 4. The molecule has 3 aromatic rings. The minimum atomic E-state index is -0.487. The van der Waals surface area contributed by atoms with Crippen molar-refractivity contribution < 1.29 is 18.7 Å². The van der Waals surface area contributed by atoms with Crippen LogP contribution in [0.2, 0.25) is 0 Å². The summed E-state index contributed by atoms with van der Waals surface area (Å²) in [4.78, 5) is 11.9. The molecule has 0 bridgehead atoms. The predicted molar refractivity (Wildman–Crippen MR) is 103 cm³/mol. The van der Waals surface area contributed by atoms with E-state index in [1.54, 1.807) is 30.3 Å². The molecule has 3 rings (SSSR count). The SMILES string of the molecule is Nc1c(C=CC(=O)OCc2ccccc2)cccc1Oc1ccccc1F. The minimum absolute atomic E-state index is 0.0765. The van der Waals surface area contributed by atoms with E-state index in [2.05, 4.69) is 0 Å². The number of halogens is 1. The van der Waals surface area contributed by atoms with Gasteiger partial charge < -0.3 is 15.2 Å². The highest BCUT2D eigenvalue weighted by atomic mass is 19.1. The van der Waals surface area contributed by atoms with Crippen molar-refractivity contribution in [2.75, 3.05) is 5.73 Å². The third-order valence-electron chi connectivity index (χ3n) is 3.78. The van der Waals surface area contributed by atoms with Crippen LogP contribution in [0.25, 0.3) is 6.08 Å². The van der Waals surface area contributed by atoms with Crippen LogP contribution in [-0.2, 0) is 16.1 Å². The summed E-state index contributed by atoms with van der Waals surface area (Å²) in [7, 11) is 0. The molecule has 2 N–H and O–H groups in total. The molecule has 136 valence electrons. The summed E-state index contributed by atoms with van der Waals surface area (Å²) in [5, 5.41) is 0. The zero-order valence-electron chi connectivity index (χ0n) is 14.5. The quantitative estimate of drug-likeness (QED) is 0.382. The number of nitrogens with two attached hydrogens (primary N) is 1. The summed E-state index contributed by atoms with van der Waals surface area (Å²) < 4.78 is 24.5. The maximum atomic E-state index is 13.7. The number of hydrogen-bond donors (Lipinski definition) is 1. The fourth-order valence-electron chi connectivity index (χ4n) is 2.38. The number of esters is 1. The number of rotatable bonds is 6. The van der Waals surface area contributed by atoms with Gasteiger partial charge in [-0.05, 0) is 29.8 Å². The molecule has 0 aliphatic heterocycles. The Morgan fingerprint density at radius 1 is 0.926 bits per heavy atom. The van der Waals surface area contributed by atoms with E-state index < -0.39 is 11.8 Å². The van der Waals surface area contributed by atoms with E-state index in [1.807, 2.05) is 30.3 Å². The predicted octanol–water partition coefficient (Wildman–Crippen LogP) is 4.96. The maximum absolute atomic E-state index is 13.7. The first-order valence-electron chi connectivity index (χ1n) is 8.33. The molecule has 0 aliphatic carbocycles. The van der Waals surface area contributed by atoms with Crippen LogP contribution in [0.5, 0.6) is 11.5 Å². The van der Waals surface area contributed by atoms with E-state index >= 15 is 0 Å². The number of carbonyl (C=O) groups excluding carboxylic acids is 1. The van der Waals surface area contributed by atoms with Gasteiger partial charge in [-0.25, -0.2) is 9.18 Å². The molecule has 0 heterocycles. The van der Waals surface area contributed by atoms with Crippen LogP contribution >= 0.6 is 0 Å². The Hall–Kier alpha value is -3.60. The van der Waals surface area contributed by atoms with Crippen molar-refractivity contribution >= 4 is 17.7 Å². The molecule has 0 aromatic heterocycles. The smallest absolute Gasteiger partial charge is 0.331 e. The highest BCUT2D eigenvalue weighted by Gasteiger charge is 2.09. The molecule has 0 saturated carbocycles. The number of benzene rings is 3. The molecule has 3 aromatic carbocycles. The lowest BCUT2D eigenvalue weighted by atomic mass is 10.1. The first kappa shape index (κ1) is 18.2. The second-order valence-corrected chi connectivity index (χ2v) is 5.72. The molecule has 27 heavy (non-hydrogen) atoms. The molecule has 4 nitrogen and oxygen atoms in total. The third-order valence-corrected chi connectivity index (χ3v) is 3.78. The summed E-state index contributed by atoms with van der Waals surface area (Å²) in [6.45, 7) is 0.190. The summed E-state index contributed by atoms with van der Waals surface area (Å²) in [6.07, 6.45) is 2.83. The number of nitrogen functional groups attached to an aromatic ring is 1. The number of ether oxygens (including phenoxy) is 2. The fraction of sp³-hybridized carbons (Fsp3) is 0.0455. The molecule has 0 saturated heterocycles. The Balaban J connectivity index is 1.67. The summed E-state index contributed by atoms with van der Waals surface area (Å²) in [5.74, 6) is -0.589. The Morgan fingerprint density at radius 2 is 1.63 bits per heavy atom. The molecule has 0 unspecified atom stereocenters. The fourth-order valence-corrected chi connectivity index (χ4v) is 2.38. The van der Waals surface area contributed by atoms with Crippen LogP contribution in [0, 0.1) is 5.82 Å². The van der Waals surface area contributed by atoms with Gasteiger partial charge in [0.1, 0.15) is 6.61 Å². The molecule has 0 amide bonds. The first-order chi connectivity index (χ1) is 13.1. The van der Waals surface area contributed by atoms with E-state index in [0.29, 0.717) is 17.0 Å². The summed E-state index contributed by atoms with van der Waals surface area (Å²) in [5.41, 5.74) is 7.85. The zero-order valence-corrected chi connectivity index (χ0v) is 14.5. The van der Waals surface area contributed by atoms with Gasteiger partial charge in [0.25, 0.3) is 0 Å². The van der Waals surface area contributed by atoms with Gasteiger partial charge in [0, 0.05) is 11.6 Å². The zero-order chi connectivity index (χ0) is 19.1. The van der Waals surface area contributed by atoms with E-state index in [-0.39, 0.29) is 12.4 Å². The standard InChI is InChI=1S/C22H18FNO3/c23-18-10-4-5-11-19(18)27-20-12-6-9-17(22(20)24)13-14-21(25)26-15-16-7-2-1-3-8-16/h1-14H,15,24H2. The van der Waals surface area contributed by atoms with Crippen LogP contribution in [0.1, 0.15) is 11.1 Å². The third kappa shape index (κ3) is 4.95. The Morgan fingerprint density at radius 3 is 2.41 bits per heavy atom. The molecule has 5 heteroatoms. The summed E-state index contributed by atoms with van der Waals surface area (Å²) in [6, 6.07) is 20.5. The second kappa shape index (κ2) is 8.67. The van der Waals surface area contributed by atoms with Gasteiger partial charge in [0.2, 0.25) is 0 Å². The van der Waals surface area contributed by atoms with Gasteiger partial charge in [-0.2, -0.15) is 0 Å². The molecule has 0 aliphatic rings. The summed E-state index contributed by atoms with van der Waals surface area (Å²) >= 11 is 0. The van der Waals surface area contributed by atoms with Gasteiger partial charge in [-0.15, -0.1) is 0 Å². The van der Waals surface area contributed by atoms with E-state index in [0.717, 1.165) is 5.56 Å². The maximum Gasteiger partial charge on any atom is 0.331 e. The molecular formula is C22H18FNO3. The van der Waals surface area contributed by atoms with Crippen molar-refractivity contribution in [3.8, 4) is 11.5 Å². The number of carbonyl (C=O) groups is 1. The Labute approximate surface area is 156 Å². The highest BCUT2D eigenvalue weighted by Crippen LogP contribution is 2.31. The first-order valence-corrected chi connectivity index (χ1v) is 8.33. The van der Waals surface area contributed by atoms with Gasteiger partial charge in [0.05, 0.1) is 5.69 Å². The average Bonchev–Trinajstić information content (AvgIpc) is 2.69. The molecular weight excluding hydrogens is 345 g/mol. The monoisotopic (exact) mass is 363 g/mol. The van der Waals surface area contributed by atoms with Crippen LogP contribution in [0.15, 0.2) is 78.9 Å². The van der Waals surface area contributed by atoms with Crippen molar-refractivity contribution in [2.45, 2.75) is 6.61 Å². The number of para-hydroxylation sites is 2. The van der Waals surface area contributed by atoms with Gasteiger partial charge in [-0.3, -0.25) is 0 Å². The van der Waals surface area contributed by atoms with E-state index in [9.17, 15) is 9.18 Å². The second-order valence-electron chi connectivity index (χ2n) is 5.72. The van der Waals surface area contributed by atoms with Gasteiger partial charge in [0.15, 0.2) is 17.3 Å². The highest BCUT2D eigenvalue weighted by molar-refractivity contribution is 5.88. The molecule has 0 atom stereocenters. The van der Waals surface area contributed by atoms with Crippen LogP contribution < -0.4 is 10.5 Å². The Kier molecular flexibility index (Phi) is 5.84. The van der Waals surface area contributed by atoms with Crippen LogP contribution in [0.4, 0.5) is 10.1 Å². The lowest BCUT2D eigenvalue weighted by Gasteiger charge is -2.11. The number of anilines is 1. The molecule has 0 spiro atoms.